The third-order valence-corrected chi connectivity index (χ3v) is 3.54. The highest BCUT2D eigenvalue weighted by Crippen LogP contribution is 2.35. The molecule has 0 aromatic rings. The molecule has 4 heteroatoms. The van der Waals surface area contributed by atoms with Gasteiger partial charge in [0.25, 0.3) is 0 Å². The molecule has 1 fully saturated rings. The minimum atomic E-state index is 0.630. The summed E-state index contributed by atoms with van der Waals surface area (Å²) >= 11 is 4.90. The van der Waals surface area contributed by atoms with E-state index in [-0.39, 0.29) is 0 Å². The molecule has 0 aromatic heterocycles. The van der Waals surface area contributed by atoms with Gasteiger partial charge in [-0.25, -0.2) is 0 Å². The first kappa shape index (κ1) is 13.9. The second-order valence-electron chi connectivity index (χ2n) is 4.68. The Bertz CT molecular complexity index is 219. The van der Waals surface area contributed by atoms with Gasteiger partial charge in [0.1, 0.15) is 0 Å². The summed E-state index contributed by atoms with van der Waals surface area (Å²) in [4.78, 5) is 3.14. The van der Waals surface area contributed by atoms with Crippen molar-refractivity contribution in [3.63, 3.8) is 0 Å². The first-order chi connectivity index (χ1) is 7.65. The summed E-state index contributed by atoms with van der Waals surface area (Å²) in [6, 6.07) is 0.682. The van der Waals surface area contributed by atoms with Crippen LogP contribution in [0.15, 0.2) is 0 Å². The molecule has 0 radical (unpaired) electrons. The molecule has 1 rings (SSSR count). The highest BCUT2D eigenvalue weighted by atomic mass is 32.1. The molecule has 1 atom stereocenters. The number of hydrogen-bond donors (Lipinski definition) is 1. The minimum absolute atomic E-state index is 0.630. The summed E-state index contributed by atoms with van der Waals surface area (Å²) < 4.78 is 5.16. The van der Waals surface area contributed by atoms with Crippen molar-refractivity contribution in [2.24, 2.45) is 11.7 Å². The quantitative estimate of drug-likeness (QED) is 0.628. The maximum absolute atomic E-state index is 5.52. The van der Waals surface area contributed by atoms with E-state index in [1.54, 1.807) is 7.11 Å². The van der Waals surface area contributed by atoms with Crippen LogP contribution in [0.25, 0.3) is 0 Å². The van der Waals surface area contributed by atoms with Crippen molar-refractivity contribution in [3.8, 4) is 0 Å². The average Bonchev–Trinajstić information content (AvgIpc) is 3.05. The van der Waals surface area contributed by atoms with Gasteiger partial charge in [0.2, 0.25) is 0 Å². The Hall–Kier alpha value is -0.190. The van der Waals surface area contributed by atoms with Crippen LogP contribution in [0.2, 0.25) is 0 Å². The summed E-state index contributed by atoms with van der Waals surface area (Å²) in [6.07, 6.45) is 4.70. The Morgan fingerprint density at radius 2 is 2.19 bits per heavy atom. The van der Waals surface area contributed by atoms with Gasteiger partial charge in [0.15, 0.2) is 0 Å². The highest BCUT2D eigenvalue weighted by Gasteiger charge is 2.31. The molecule has 0 heterocycles. The van der Waals surface area contributed by atoms with E-state index in [0.29, 0.717) is 11.0 Å². The summed E-state index contributed by atoms with van der Waals surface area (Å²) in [5.74, 6) is 0.904. The zero-order chi connectivity index (χ0) is 12.0. The van der Waals surface area contributed by atoms with Crippen LogP contribution in [0.3, 0.4) is 0 Å². The predicted molar refractivity (Wildman–Crippen MR) is 71.7 cm³/mol. The molecule has 0 bridgehead atoms. The Labute approximate surface area is 104 Å². The number of methoxy groups -OCH3 is 1. The largest absolute Gasteiger partial charge is 0.393 e. The van der Waals surface area contributed by atoms with Crippen molar-refractivity contribution >= 4 is 17.2 Å². The van der Waals surface area contributed by atoms with Gasteiger partial charge in [-0.15, -0.1) is 0 Å². The third kappa shape index (κ3) is 5.23. The monoisotopic (exact) mass is 244 g/mol. The lowest BCUT2D eigenvalue weighted by atomic mass is 10.1. The van der Waals surface area contributed by atoms with E-state index < -0.39 is 0 Å². The molecule has 1 aliphatic rings. The minimum Gasteiger partial charge on any atom is -0.393 e. The van der Waals surface area contributed by atoms with Crippen LogP contribution in [-0.4, -0.2) is 42.7 Å². The van der Waals surface area contributed by atoms with E-state index in [4.69, 9.17) is 22.7 Å². The number of nitrogens with two attached hydrogens (primary N) is 1. The Balaban J connectivity index is 2.27. The van der Waals surface area contributed by atoms with Crippen LogP contribution in [0.1, 0.15) is 32.6 Å². The number of rotatable bonds is 9. The third-order valence-electron chi connectivity index (χ3n) is 3.33. The fourth-order valence-corrected chi connectivity index (χ4v) is 2.21. The van der Waals surface area contributed by atoms with Gasteiger partial charge in [0.05, 0.1) is 11.6 Å². The highest BCUT2D eigenvalue weighted by molar-refractivity contribution is 7.80. The fraction of sp³-hybridized carbons (Fsp3) is 0.917. The number of thiocarbonyl (C=S) groups is 1. The normalized spacial score (nSPS) is 17.7. The SMILES string of the molecule is COCCN(CCCC(N)=S)C(C)C1CC1. The first-order valence-corrected chi connectivity index (χ1v) is 6.57. The van der Waals surface area contributed by atoms with Gasteiger partial charge < -0.3 is 10.5 Å². The number of nitrogens with zero attached hydrogens (tertiary/aromatic N) is 1. The molecule has 0 aliphatic heterocycles. The molecule has 1 saturated carbocycles. The zero-order valence-electron chi connectivity index (χ0n) is 10.4. The van der Waals surface area contributed by atoms with Crippen molar-refractivity contribution in [2.45, 2.75) is 38.6 Å². The maximum atomic E-state index is 5.52. The van der Waals surface area contributed by atoms with E-state index in [0.717, 1.165) is 38.5 Å². The lowest BCUT2D eigenvalue weighted by Crippen LogP contribution is -2.38. The molecule has 1 unspecified atom stereocenters. The second kappa shape index (κ2) is 7.20. The smallest absolute Gasteiger partial charge is 0.0727 e. The lowest BCUT2D eigenvalue weighted by Gasteiger charge is -2.28. The summed E-state index contributed by atoms with van der Waals surface area (Å²) in [7, 11) is 1.76. The summed E-state index contributed by atoms with van der Waals surface area (Å²) in [6.45, 7) is 5.24. The van der Waals surface area contributed by atoms with Crippen molar-refractivity contribution in [2.75, 3.05) is 26.8 Å². The molecular formula is C12H24N2OS. The molecule has 16 heavy (non-hydrogen) atoms. The predicted octanol–water partition coefficient (Wildman–Crippen LogP) is 1.80. The lowest BCUT2D eigenvalue weighted by molar-refractivity contribution is 0.116. The molecule has 0 spiro atoms. The van der Waals surface area contributed by atoms with Crippen LogP contribution >= 0.6 is 12.2 Å². The van der Waals surface area contributed by atoms with E-state index in [1.807, 2.05) is 0 Å². The van der Waals surface area contributed by atoms with Crippen LogP contribution in [0.5, 0.6) is 0 Å². The topological polar surface area (TPSA) is 38.5 Å². The van der Waals surface area contributed by atoms with Crippen LogP contribution in [-0.2, 0) is 4.74 Å². The van der Waals surface area contributed by atoms with E-state index in [9.17, 15) is 0 Å². The van der Waals surface area contributed by atoms with Gasteiger partial charge in [-0.3, -0.25) is 4.90 Å². The Morgan fingerprint density at radius 1 is 1.50 bits per heavy atom. The molecular weight excluding hydrogens is 220 g/mol. The number of hydrogen-bond acceptors (Lipinski definition) is 3. The van der Waals surface area contributed by atoms with E-state index >= 15 is 0 Å². The van der Waals surface area contributed by atoms with E-state index in [2.05, 4.69) is 11.8 Å². The Kier molecular flexibility index (Phi) is 6.24. The van der Waals surface area contributed by atoms with Gasteiger partial charge in [-0.05, 0) is 45.1 Å². The Morgan fingerprint density at radius 3 is 2.69 bits per heavy atom. The van der Waals surface area contributed by atoms with Crippen molar-refractivity contribution in [1.82, 2.24) is 4.90 Å². The molecule has 0 aromatic carbocycles. The van der Waals surface area contributed by atoms with Crippen molar-refractivity contribution < 1.29 is 4.74 Å². The molecule has 3 nitrogen and oxygen atoms in total. The molecule has 2 N–H and O–H groups in total. The summed E-state index contributed by atoms with van der Waals surface area (Å²) in [5.41, 5.74) is 5.52. The van der Waals surface area contributed by atoms with Gasteiger partial charge in [-0.2, -0.15) is 0 Å². The van der Waals surface area contributed by atoms with Gasteiger partial charge in [0, 0.05) is 19.7 Å². The van der Waals surface area contributed by atoms with Crippen LogP contribution < -0.4 is 5.73 Å². The molecule has 0 saturated heterocycles. The number of ether oxygens (including phenoxy) is 1. The van der Waals surface area contributed by atoms with Crippen LogP contribution in [0, 0.1) is 5.92 Å². The van der Waals surface area contributed by atoms with Crippen molar-refractivity contribution in [3.05, 3.63) is 0 Å². The maximum Gasteiger partial charge on any atom is 0.0727 e. The molecule has 0 amide bonds. The van der Waals surface area contributed by atoms with Gasteiger partial charge in [-0.1, -0.05) is 12.2 Å². The fourth-order valence-electron chi connectivity index (χ4n) is 2.06. The van der Waals surface area contributed by atoms with E-state index in [1.165, 1.54) is 12.8 Å². The molecule has 94 valence electrons. The zero-order valence-corrected chi connectivity index (χ0v) is 11.3. The molecule has 1 aliphatic carbocycles. The second-order valence-corrected chi connectivity index (χ2v) is 5.20. The van der Waals surface area contributed by atoms with Crippen LogP contribution in [0.4, 0.5) is 0 Å². The van der Waals surface area contributed by atoms with Crippen molar-refractivity contribution in [1.29, 1.82) is 0 Å². The average molecular weight is 244 g/mol. The standard InChI is InChI=1S/C12H24N2OS/c1-10(11-5-6-11)14(8-9-15-2)7-3-4-12(13)16/h10-11H,3-9H2,1-2H3,(H2,13,16). The summed E-state index contributed by atoms with van der Waals surface area (Å²) in [5, 5.41) is 0. The van der Waals surface area contributed by atoms with Gasteiger partial charge >= 0.3 is 0 Å². The first-order valence-electron chi connectivity index (χ1n) is 6.16.